The molecule has 2 heteroatoms. The first-order valence-corrected chi connectivity index (χ1v) is 6.42. The van der Waals surface area contributed by atoms with Crippen LogP contribution in [0.4, 0.5) is 0 Å². The Morgan fingerprint density at radius 2 is 2.40 bits per heavy atom. The molecule has 0 aliphatic carbocycles. The van der Waals surface area contributed by atoms with Crippen molar-refractivity contribution in [3.63, 3.8) is 0 Å². The van der Waals surface area contributed by atoms with Gasteiger partial charge in [0.15, 0.2) is 0 Å². The quantitative estimate of drug-likeness (QED) is 0.572. The maximum Gasteiger partial charge on any atom is 0.0414 e. The molecule has 0 aliphatic rings. The van der Waals surface area contributed by atoms with Crippen LogP contribution in [-0.4, -0.2) is 6.54 Å². The third-order valence-corrected chi connectivity index (χ3v) is 3.27. The normalized spacial score (nSPS) is 11.9. The highest BCUT2D eigenvalue weighted by atomic mass is 32.1. The standard InChI is InChI=1S/C13H19NS/c1-3-5-6-10-14-12(8-4-2)13-9-7-11-15-13/h7,9,11-12,14H,4,6,8,10H2,1-2H3. The van der Waals surface area contributed by atoms with Gasteiger partial charge < -0.3 is 5.32 Å². The van der Waals surface area contributed by atoms with Crippen molar-refractivity contribution in [2.45, 2.75) is 39.2 Å². The Hall–Kier alpha value is -0.780. The maximum atomic E-state index is 3.57. The molecule has 0 saturated heterocycles. The smallest absolute Gasteiger partial charge is 0.0414 e. The number of nitrogens with one attached hydrogen (secondary N) is 1. The second-order valence-corrected chi connectivity index (χ2v) is 4.47. The monoisotopic (exact) mass is 221 g/mol. The maximum absolute atomic E-state index is 3.57. The van der Waals surface area contributed by atoms with Crippen LogP contribution in [0.15, 0.2) is 17.5 Å². The summed E-state index contributed by atoms with van der Waals surface area (Å²) in [6.45, 7) is 5.11. The van der Waals surface area contributed by atoms with Crippen LogP contribution < -0.4 is 5.32 Å². The molecular weight excluding hydrogens is 202 g/mol. The van der Waals surface area contributed by atoms with E-state index in [4.69, 9.17) is 0 Å². The summed E-state index contributed by atoms with van der Waals surface area (Å²) in [5.41, 5.74) is 0. The average Bonchev–Trinajstić information content (AvgIpc) is 2.76. The van der Waals surface area contributed by atoms with Crippen molar-refractivity contribution in [2.75, 3.05) is 6.54 Å². The molecule has 1 unspecified atom stereocenters. The molecule has 0 saturated carbocycles. The molecule has 1 aromatic heterocycles. The fourth-order valence-corrected chi connectivity index (χ4v) is 2.39. The fourth-order valence-electron chi connectivity index (χ4n) is 1.56. The first-order valence-electron chi connectivity index (χ1n) is 5.54. The van der Waals surface area contributed by atoms with E-state index in [2.05, 4.69) is 41.6 Å². The van der Waals surface area contributed by atoms with Gasteiger partial charge in [0.1, 0.15) is 0 Å². The van der Waals surface area contributed by atoms with Crippen molar-refractivity contribution >= 4 is 11.3 Å². The lowest BCUT2D eigenvalue weighted by atomic mass is 10.1. The van der Waals surface area contributed by atoms with E-state index >= 15 is 0 Å². The molecule has 0 spiro atoms. The lowest BCUT2D eigenvalue weighted by Gasteiger charge is -2.15. The van der Waals surface area contributed by atoms with Crippen LogP contribution in [0.25, 0.3) is 0 Å². The van der Waals surface area contributed by atoms with Gasteiger partial charge in [0.25, 0.3) is 0 Å². The molecule has 1 heterocycles. The SMILES string of the molecule is CC#CCCNC(CCC)c1cccs1. The lowest BCUT2D eigenvalue weighted by Crippen LogP contribution is -2.21. The molecule has 1 aromatic rings. The lowest BCUT2D eigenvalue weighted by molar-refractivity contribution is 0.508. The Labute approximate surface area is 96.9 Å². The van der Waals surface area contributed by atoms with E-state index in [0.29, 0.717) is 6.04 Å². The number of thiophene rings is 1. The van der Waals surface area contributed by atoms with Crippen LogP contribution in [0, 0.1) is 11.8 Å². The topological polar surface area (TPSA) is 12.0 Å². The minimum atomic E-state index is 0.522. The van der Waals surface area contributed by atoms with Gasteiger partial charge in [-0.15, -0.1) is 23.2 Å². The average molecular weight is 221 g/mol. The molecule has 1 rings (SSSR count). The highest BCUT2D eigenvalue weighted by Crippen LogP contribution is 2.22. The first kappa shape index (κ1) is 12.3. The molecule has 0 bridgehead atoms. The minimum Gasteiger partial charge on any atom is -0.308 e. The van der Waals surface area contributed by atoms with Gasteiger partial charge in [-0.25, -0.2) is 0 Å². The predicted octanol–water partition coefficient (Wildman–Crippen LogP) is 3.59. The van der Waals surface area contributed by atoms with E-state index in [-0.39, 0.29) is 0 Å². The van der Waals surface area contributed by atoms with E-state index in [1.54, 1.807) is 0 Å². The molecule has 0 aromatic carbocycles. The zero-order chi connectivity index (χ0) is 10.9. The van der Waals surface area contributed by atoms with E-state index in [1.807, 2.05) is 18.3 Å². The van der Waals surface area contributed by atoms with Crippen LogP contribution in [0.2, 0.25) is 0 Å². The summed E-state index contributed by atoms with van der Waals surface area (Å²) in [7, 11) is 0. The van der Waals surface area contributed by atoms with Gasteiger partial charge in [-0.2, -0.15) is 0 Å². The van der Waals surface area contributed by atoms with Gasteiger partial charge in [0.2, 0.25) is 0 Å². The van der Waals surface area contributed by atoms with Crippen LogP contribution in [0.3, 0.4) is 0 Å². The summed E-state index contributed by atoms with van der Waals surface area (Å²) in [5, 5.41) is 5.71. The number of rotatable bonds is 6. The molecule has 82 valence electrons. The Morgan fingerprint density at radius 1 is 1.53 bits per heavy atom. The fraction of sp³-hybridized carbons (Fsp3) is 0.538. The number of hydrogen-bond donors (Lipinski definition) is 1. The molecule has 15 heavy (non-hydrogen) atoms. The molecule has 0 radical (unpaired) electrons. The Balaban J connectivity index is 2.40. The van der Waals surface area contributed by atoms with E-state index in [1.165, 1.54) is 17.7 Å². The number of hydrogen-bond acceptors (Lipinski definition) is 2. The third kappa shape index (κ3) is 4.51. The van der Waals surface area contributed by atoms with Gasteiger partial charge in [0.05, 0.1) is 0 Å². The van der Waals surface area contributed by atoms with Gasteiger partial charge in [-0.05, 0) is 24.8 Å². The Kier molecular flexibility index (Phi) is 6.15. The Bertz CT molecular complexity index is 305. The summed E-state index contributed by atoms with van der Waals surface area (Å²) in [6, 6.07) is 4.85. The van der Waals surface area contributed by atoms with Crippen LogP contribution in [0.5, 0.6) is 0 Å². The van der Waals surface area contributed by atoms with Gasteiger partial charge in [0, 0.05) is 23.9 Å². The second-order valence-electron chi connectivity index (χ2n) is 3.49. The van der Waals surface area contributed by atoms with Crippen molar-refractivity contribution in [3.8, 4) is 11.8 Å². The first-order chi connectivity index (χ1) is 7.38. The summed E-state index contributed by atoms with van der Waals surface area (Å²) in [5.74, 6) is 6.00. The molecule has 0 fully saturated rings. The minimum absolute atomic E-state index is 0.522. The van der Waals surface area contributed by atoms with Crippen molar-refractivity contribution in [1.82, 2.24) is 5.32 Å². The largest absolute Gasteiger partial charge is 0.308 e. The summed E-state index contributed by atoms with van der Waals surface area (Å²) >= 11 is 1.84. The van der Waals surface area contributed by atoms with E-state index in [0.717, 1.165) is 13.0 Å². The van der Waals surface area contributed by atoms with Crippen LogP contribution in [-0.2, 0) is 0 Å². The molecule has 0 aliphatic heterocycles. The Morgan fingerprint density at radius 3 is 3.00 bits per heavy atom. The van der Waals surface area contributed by atoms with E-state index < -0.39 is 0 Å². The van der Waals surface area contributed by atoms with Crippen LogP contribution in [0.1, 0.15) is 44.0 Å². The highest BCUT2D eigenvalue weighted by Gasteiger charge is 2.09. The van der Waals surface area contributed by atoms with Crippen molar-refractivity contribution in [3.05, 3.63) is 22.4 Å². The summed E-state index contributed by atoms with van der Waals surface area (Å²) in [6.07, 6.45) is 3.37. The molecule has 1 atom stereocenters. The van der Waals surface area contributed by atoms with Crippen molar-refractivity contribution in [1.29, 1.82) is 0 Å². The van der Waals surface area contributed by atoms with Crippen molar-refractivity contribution in [2.24, 2.45) is 0 Å². The molecular formula is C13H19NS. The zero-order valence-corrected chi connectivity index (χ0v) is 10.4. The molecule has 1 nitrogen and oxygen atoms in total. The second kappa shape index (κ2) is 7.50. The van der Waals surface area contributed by atoms with Gasteiger partial charge in [-0.1, -0.05) is 19.4 Å². The molecule has 0 amide bonds. The van der Waals surface area contributed by atoms with Crippen LogP contribution >= 0.6 is 11.3 Å². The summed E-state index contributed by atoms with van der Waals surface area (Å²) in [4.78, 5) is 1.45. The third-order valence-electron chi connectivity index (χ3n) is 2.28. The van der Waals surface area contributed by atoms with Crippen molar-refractivity contribution < 1.29 is 0 Å². The van der Waals surface area contributed by atoms with E-state index in [9.17, 15) is 0 Å². The molecule has 1 N–H and O–H groups in total. The van der Waals surface area contributed by atoms with Gasteiger partial charge >= 0.3 is 0 Å². The zero-order valence-electron chi connectivity index (χ0n) is 9.55. The summed E-state index contributed by atoms with van der Waals surface area (Å²) < 4.78 is 0. The van der Waals surface area contributed by atoms with Gasteiger partial charge in [-0.3, -0.25) is 0 Å². The highest BCUT2D eigenvalue weighted by molar-refractivity contribution is 7.10. The predicted molar refractivity (Wildman–Crippen MR) is 68.0 cm³/mol.